The molecule has 0 atom stereocenters. The molecule has 0 N–H and O–H groups in total. The number of hydrogen-bond donors (Lipinski definition) is 0. The van der Waals surface area contributed by atoms with E-state index in [1.807, 2.05) is 32.0 Å². The van der Waals surface area contributed by atoms with E-state index in [9.17, 15) is 13.2 Å². The third kappa shape index (κ3) is 3.77. The second-order valence-electron chi connectivity index (χ2n) is 7.00. The van der Waals surface area contributed by atoms with Crippen LogP contribution >= 0.6 is 0 Å². The van der Waals surface area contributed by atoms with E-state index in [0.717, 1.165) is 11.1 Å². The molecule has 0 saturated carbocycles. The van der Waals surface area contributed by atoms with E-state index in [1.54, 1.807) is 18.7 Å². The van der Waals surface area contributed by atoms with Crippen molar-refractivity contribution >= 4 is 15.9 Å². The van der Waals surface area contributed by atoms with Crippen LogP contribution in [0, 0.1) is 27.7 Å². The summed E-state index contributed by atoms with van der Waals surface area (Å²) in [6.07, 6.45) is 0.583. The van der Waals surface area contributed by atoms with Gasteiger partial charge in [-0.2, -0.15) is 4.31 Å². The molecule has 0 spiro atoms. The summed E-state index contributed by atoms with van der Waals surface area (Å²) < 4.78 is 32.4. The summed E-state index contributed by atoms with van der Waals surface area (Å²) in [6.45, 7) is 8.70. The summed E-state index contributed by atoms with van der Waals surface area (Å²) in [6, 6.07) is 5.66. The molecule has 1 aliphatic heterocycles. The minimum Gasteiger partial charge on any atom is -0.360 e. The van der Waals surface area contributed by atoms with Gasteiger partial charge in [-0.15, -0.1) is 0 Å². The molecule has 3 rings (SSSR count). The first-order valence-corrected chi connectivity index (χ1v) is 10.5. The van der Waals surface area contributed by atoms with Gasteiger partial charge in [0.1, 0.15) is 10.6 Å². The van der Waals surface area contributed by atoms with Gasteiger partial charge in [-0.05, 0) is 57.4 Å². The first-order chi connectivity index (χ1) is 12.7. The van der Waals surface area contributed by atoms with Crippen LogP contribution in [-0.2, 0) is 10.0 Å². The average Bonchev–Trinajstić information content (AvgIpc) is 2.83. The number of carbonyl (C=O) groups excluding carboxylic acids is 1. The Balaban J connectivity index is 1.77. The lowest BCUT2D eigenvalue weighted by Gasteiger charge is -2.22. The summed E-state index contributed by atoms with van der Waals surface area (Å²) in [7, 11) is -3.69. The quantitative estimate of drug-likeness (QED) is 0.802. The summed E-state index contributed by atoms with van der Waals surface area (Å²) in [5, 5.41) is 3.75. The van der Waals surface area contributed by atoms with Gasteiger partial charge in [-0.1, -0.05) is 11.2 Å². The zero-order chi connectivity index (χ0) is 19.8. The lowest BCUT2D eigenvalue weighted by molar-refractivity contribution is 0.0764. The second-order valence-corrected chi connectivity index (χ2v) is 8.88. The monoisotopic (exact) mass is 391 g/mol. The zero-order valence-electron chi connectivity index (χ0n) is 16.2. The van der Waals surface area contributed by atoms with Gasteiger partial charge in [-0.25, -0.2) is 8.42 Å². The van der Waals surface area contributed by atoms with E-state index in [1.165, 1.54) is 4.31 Å². The molecule has 1 aliphatic rings. The molecule has 0 radical (unpaired) electrons. The topological polar surface area (TPSA) is 83.7 Å². The molecule has 2 aromatic rings. The predicted octanol–water partition coefficient (Wildman–Crippen LogP) is 2.45. The van der Waals surface area contributed by atoms with Gasteiger partial charge >= 0.3 is 0 Å². The van der Waals surface area contributed by atoms with Crippen LogP contribution in [0.15, 0.2) is 27.6 Å². The maximum Gasteiger partial charge on any atom is 0.253 e. The number of hydrogen-bond acceptors (Lipinski definition) is 5. The van der Waals surface area contributed by atoms with Crippen molar-refractivity contribution in [3.8, 4) is 0 Å². The zero-order valence-corrected chi connectivity index (χ0v) is 17.0. The maximum absolute atomic E-state index is 13.0. The smallest absolute Gasteiger partial charge is 0.253 e. The number of benzene rings is 1. The summed E-state index contributed by atoms with van der Waals surface area (Å²) >= 11 is 0. The number of rotatable bonds is 3. The lowest BCUT2D eigenvalue weighted by Crippen LogP contribution is -2.37. The summed E-state index contributed by atoms with van der Waals surface area (Å²) in [5.41, 5.74) is 3.21. The van der Waals surface area contributed by atoms with Gasteiger partial charge in [0.2, 0.25) is 10.0 Å². The van der Waals surface area contributed by atoms with Gasteiger partial charge in [0.25, 0.3) is 5.91 Å². The molecule has 146 valence electrons. The number of nitrogens with zero attached hydrogens (tertiary/aromatic N) is 3. The number of sulfonamides is 1. The van der Waals surface area contributed by atoms with Crippen molar-refractivity contribution in [3.63, 3.8) is 0 Å². The normalized spacial score (nSPS) is 16.4. The van der Waals surface area contributed by atoms with E-state index in [4.69, 9.17) is 4.52 Å². The minimum absolute atomic E-state index is 0.0605. The molecule has 0 bridgehead atoms. The number of aromatic nitrogens is 1. The Bertz CT molecular complexity index is 946. The predicted molar refractivity (Wildman–Crippen MR) is 101 cm³/mol. The summed E-state index contributed by atoms with van der Waals surface area (Å²) in [5.74, 6) is 0.231. The Hall–Kier alpha value is -2.19. The molecule has 8 heteroatoms. The molecule has 1 fully saturated rings. The molecule has 1 aromatic carbocycles. The maximum atomic E-state index is 13.0. The highest BCUT2D eigenvalue weighted by Crippen LogP contribution is 2.24. The first-order valence-electron chi connectivity index (χ1n) is 9.01. The Kier molecular flexibility index (Phi) is 5.39. The molecule has 1 saturated heterocycles. The van der Waals surface area contributed by atoms with E-state index < -0.39 is 10.0 Å². The van der Waals surface area contributed by atoms with Crippen molar-refractivity contribution in [3.05, 3.63) is 46.3 Å². The molecule has 0 aliphatic carbocycles. The fourth-order valence-electron chi connectivity index (χ4n) is 3.37. The van der Waals surface area contributed by atoms with Crippen LogP contribution in [0.4, 0.5) is 0 Å². The molecule has 27 heavy (non-hydrogen) atoms. The highest BCUT2D eigenvalue weighted by molar-refractivity contribution is 7.89. The lowest BCUT2D eigenvalue weighted by atomic mass is 10.1. The Labute approximate surface area is 160 Å². The van der Waals surface area contributed by atoms with Crippen LogP contribution in [0.3, 0.4) is 0 Å². The SMILES string of the molecule is Cc1ccc(C(=O)N2CCCN(S(=O)(=O)c3c(C)noc3C)CC2)cc1C. The molecule has 7 nitrogen and oxygen atoms in total. The van der Waals surface area contributed by atoms with Crippen LogP contribution in [0.1, 0.15) is 39.4 Å². The van der Waals surface area contributed by atoms with Gasteiger partial charge < -0.3 is 9.42 Å². The molecule has 0 unspecified atom stereocenters. The molecule has 1 amide bonds. The largest absolute Gasteiger partial charge is 0.360 e. The van der Waals surface area contributed by atoms with Crippen LogP contribution in [0.5, 0.6) is 0 Å². The summed E-state index contributed by atoms with van der Waals surface area (Å²) in [4.78, 5) is 14.7. The van der Waals surface area contributed by atoms with Crippen molar-refractivity contribution < 1.29 is 17.7 Å². The van der Waals surface area contributed by atoms with Crippen molar-refractivity contribution in [2.75, 3.05) is 26.2 Å². The number of amides is 1. The van der Waals surface area contributed by atoms with Crippen molar-refractivity contribution in [1.29, 1.82) is 0 Å². The van der Waals surface area contributed by atoms with Gasteiger partial charge in [0, 0.05) is 31.7 Å². The van der Waals surface area contributed by atoms with Crippen molar-refractivity contribution in [1.82, 2.24) is 14.4 Å². The second kappa shape index (κ2) is 7.44. The van der Waals surface area contributed by atoms with E-state index in [2.05, 4.69) is 5.16 Å². The fraction of sp³-hybridized carbons (Fsp3) is 0.474. The third-order valence-corrected chi connectivity index (χ3v) is 7.21. The van der Waals surface area contributed by atoms with Crippen LogP contribution in [-0.4, -0.2) is 54.9 Å². The average molecular weight is 391 g/mol. The first kappa shape index (κ1) is 19.6. The molecule has 1 aromatic heterocycles. The van der Waals surface area contributed by atoms with Crippen molar-refractivity contribution in [2.45, 2.75) is 39.0 Å². The van der Waals surface area contributed by atoms with Gasteiger partial charge in [0.05, 0.1) is 0 Å². The van der Waals surface area contributed by atoms with Gasteiger partial charge in [0.15, 0.2) is 5.76 Å². The number of aryl methyl sites for hydroxylation is 4. The highest BCUT2D eigenvalue weighted by Gasteiger charge is 2.33. The Morgan fingerprint density at radius 3 is 2.41 bits per heavy atom. The van der Waals surface area contributed by atoms with Gasteiger partial charge in [-0.3, -0.25) is 4.79 Å². The molecular formula is C19H25N3O4S. The van der Waals surface area contributed by atoms with E-state index >= 15 is 0 Å². The molecule has 2 heterocycles. The minimum atomic E-state index is -3.69. The van der Waals surface area contributed by atoms with E-state index in [-0.39, 0.29) is 17.3 Å². The fourth-order valence-corrected chi connectivity index (χ4v) is 5.13. The van der Waals surface area contributed by atoms with Crippen LogP contribution < -0.4 is 0 Å². The highest BCUT2D eigenvalue weighted by atomic mass is 32.2. The van der Waals surface area contributed by atoms with Crippen molar-refractivity contribution in [2.24, 2.45) is 0 Å². The van der Waals surface area contributed by atoms with E-state index in [0.29, 0.717) is 43.1 Å². The van der Waals surface area contributed by atoms with Crippen LogP contribution in [0.25, 0.3) is 0 Å². The third-order valence-electron chi connectivity index (χ3n) is 5.06. The number of carbonyl (C=O) groups is 1. The Morgan fingerprint density at radius 1 is 1.04 bits per heavy atom. The molecular weight excluding hydrogens is 366 g/mol. The Morgan fingerprint density at radius 2 is 1.78 bits per heavy atom. The standard InChI is InChI=1S/C19H25N3O4S/c1-13-6-7-17(12-14(13)2)19(23)21-8-5-9-22(11-10-21)27(24,25)18-15(3)20-26-16(18)4/h6-7,12H,5,8-11H2,1-4H3. The van der Waals surface area contributed by atoms with Crippen LogP contribution in [0.2, 0.25) is 0 Å².